The Morgan fingerprint density at radius 2 is 2.06 bits per heavy atom. The minimum absolute atomic E-state index is 0.116. The van der Waals surface area contributed by atoms with E-state index in [1.54, 1.807) is 0 Å². The molecule has 0 saturated carbocycles. The number of aryl methyl sites for hydroxylation is 1. The number of hydrogen-bond acceptors (Lipinski definition) is 1. The van der Waals surface area contributed by atoms with E-state index in [-0.39, 0.29) is 17.2 Å². The Balaban J connectivity index is 2.21. The number of anilines is 1. The van der Waals surface area contributed by atoms with Crippen LogP contribution in [0.5, 0.6) is 0 Å². The Hall–Kier alpha value is -1.31. The summed E-state index contributed by atoms with van der Waals surface area (Å²) in [7, 11) is 0. The van der Waals surface area contributed by atoms with Crippen LogP contribution < -0.4 is 5.32 Å². The van der Waals surface area contributed by atoms with Gasteiger partial charge in [0.25, 0.3) is 0 Å². The van der Waals surface area contributed by atoms with E-state index < -0.39 is 0 Å². The third-order valence-electron chi connectivity index (χ3n) is 3.22. The molecule has 1 aliphatic rings. The zero-order chi connectivity index (χ0) is 12.6. The van der Waals surface area contributed by atoms with Crippen molar-refractivity contribution in [2.75, 3.05) is 5.32 Å². The Morgan fingerprint density at radius 3 is 2.71 bits per heavy atom. The number of rotatable bonds is 1. The van der Waals surface area contributed by atoms with E-state index >= 15 is 0 Å². The monoisotopic (exact) mass is 231 g/mol. The molecule has 0 aromatic heterocycles. The third-order valence-corrected chi connectivity index (χ3v) is 3.22. The molecule has 2 rings (SSSR count). The van der Waals surface area contributed by atoms with Gasteiger partial charge in [0.05, 0.1) is 0 Å². The van der Waals surface area contributed by atoms with Gasteiger partial charge in [0.1, 0.15) is 0 Å². The van der Waals surface area contributed by atoms with E-state index in [0.717, 1.165) is 18.5 Å². The minimum Gasteiger partial charge on any atom is -0.326 e. The molecule has 1 N–H and O–H groups in total. The maximum Gasteiger partial charge on any atom is 0.227 e. The average molecular weight is 231 g/mol. The second kappa shape index (κ2) is 4.17. The Kier molecular flexibility index (Phi) is 2.98. The van der Waals surface area contributed by atoms with Gasteiger partial charge in [-0.1, -0.05) is 32.9 Å². The van der Waals surface area contributed by atoms with Gasteiger partial charge in [-0.15, -0.1) is 0 Å². The lowest BCUT2D eigenvalue weighted by Gasteiger charge is -2.29. The zero-order valence-electron chi connectivity index (χ0n) is 11.1. The molecule has 0 aliphatic carbocycles. The molecule has 1 aromatic rings. The summed E-state index contributed by atoms with van der Waals surface area (Å²) in [4.78, 5) is 12.0. The van der Waals surface area contributed by atoms with Crippen molar-refractivity contribution in [3.63, 3.8) is 0 Å². The van der Waals surface area contributed by atoms with Crippen molar-refractivity contribution in [2.24, 2.45) is 11.3 Å². The molecular formula is C15H21NO. The van der Waals surface area contributed by atoms with Crippen LogP contribution in [0.4, 0.5) is 5.69 Å². The van der Waals surface area contributed by atoms with Crippen molar-refractivity contribution in [2.45, 2.75) is 40.5 Å². The number of nitrogens with one attached hydrogen (secondary N) is 1. The van der Waals surface area contributed by atoms with Gasteiger partial charge in [0, 0.05) is 11.6 Å². The van der Waals surface area contributed by atoms with Crippen molar-refractivity contribution >= 4 is 11.6 Å². The fourth-order valence-electron chi connectivity index (χ4n) is 2.48. The second-order valence-electron chi connectivity index (χ2n) is 6.32. The van der Waals surface area contributed by atoms with Crippen LogP contribution in [-0.4, -0.2) is 5.91 Å². The lowest BCUT2D eigenvalue weighted by atomic mass is 9.80. The summed E-state index contributed by atoms with van der Waals surface area (Å²) in [6.07, 6.45) is 1.81. The lowest BCUT2D eigenvalue weighted by Crippen LogP contribution is -2.32. The van der Waals surface area contributed by atoms with Crippen molar-refractivity contribution in [1.29, 1.82) is 0 Å². The van der Waals surface area contributed by atoms with Crippen LogP contribution in [0.15, 0.2) is 18.2 Å². The van der Waals surface area contributed by atoms with E-state index in [9.17, 15) is 4.79 Å². The van der Waals surface area contributed by atoms with Gasteiger partial charge in [-0.05, 0) is 42.4 Å². The van der Waals surface area contributed by atoms with E-state index in [2.05, 4.69) is 44.3 Å². The molecule has 1 heterocycles. The summed E-state index contributed by atoms with van der Waals surface area (Å²) in [5.41, 5.74) is 3.66. The van der Waals surface area contributed by atoms with Crippen LogP contribution in [0.25, 0.3) is 0 Å². The predicted octanol–water partition coefficient (Wildman–Crippen LogP) is 3.54. The molecule has 0 spiro atoms. The topological polar surface area (TPSA) is 29.1 Å². The van der Waals surface area contributed by atoms with E-state index in [1.807, 2.05) is 6.92 Å². The van der Waals surface area contributed by atoms with Gasteiger partial charge in [-0.3, -0.25) is 4.79 Å². The number of carbonyl (C=O) groups excluding carboxylic acids is 1. The van der Waals surface area contributed by atoms with Crippen molar-refractivity contribution < 1.29 is 4.79 Å². The van der Waals surface area contributed by atoms with Crippen LogP contribution in [0.1, 0.15) is 38.3 Å². The van der Waals surface area contributed by atoms with E-state index in [4.69, 9.17) is 0 Å². The minimum atomic E-state index is 0.116. The highest BCUT2D eigenvalue weighted by atomic mass is 16.1. The molecule has 2 nitrogen and oxygen atoms in total. The van der Waals surface area contributed by atoms with Crippen LogP contribution in [0.3, 0.4) is 0 Å². The molecular weight excluding hydrogens is 210 g/mol. The highest BCUT2D eigenvalue weighted by Crippen LogP contribution is 2.33. The van der Waals surface area contributed by atoms with E-state index in [1.165, 1.54) is 11.1 Å². The van der Waals surface area contributed by atoms with Gasteiger partial charge >= 0.3 is 0 Å². The van der Waals surface area contributed by atoms with Gasteiger partial charge in [-0.2, -0.15) is 0 Å². The van der Waals surface area contributed by atoms with Gasteiger partial charge in [-0.25, -0.2) is 0 Å². The predicted molar refractivity (Wildman–Crippen MR) is 71.1 cm³/mol. The maximum atomic E-state index is 12.0. The normalized spacial score (nSPS) is 19.8. The highest BCUT2D eigenvalue weighted by molar-refractivity contribution is 5.95. The Labute approximate surface area is 103 Å². The van der Waals surface area contributed by atoms with Gasteiger partial charge in [0.15, 0.2) is 0 Å². The van der Waals surface area contributed by atoms with Crippen LogP contribution in [-0.2, 0) is 11.2 Å². The number of hydrogen-bond donors (Lipinski definition) is 1. The molecule has 0 saturated heterocycles. The standard InChI is InChI=1S/C15H21NO/c1-10-5-6-11-8-12(9-15(2,3)4)14(17)16-13(11)7-10/h5-7,12H,8-9H2,1-4H3,(H,16,17). The van der Waals surface area contributed by atoms with Gasteiger partial charge in [0.2, 0.25) is 5.91 Å². The Bertz CT molecular complexity index is 443. The number of amides is 1. The first-order valence-corrected chi connectivity index (χ1v) is 6.25. The lowest BCUT2D eigenvalue weighted by molar-refractivity contribution is -0.121. The smallest absolute Gasteiger partial charge is 0.227 e. The average Bonchev–Trinajstić information content (AvgIpc) is 2.17. The number of fused-ring (bicyclic) bond motifs is 1. The zero-order valence-corrected chi connectivity index (χ0v) is 11.1. The molecule has 1 atom stereocenters. The molecule has 1 unspecified atom stereocenters. The quantitative estimate of drug-likeness (QED) is 0.787. The first kappa shape index (κ1) is 12.2. The van der Waals surface area contributed by atoms with Crippen LogP contribution in [0, 0.1) is 18.3 Å². The largest absolute Gasteiger partial charge is 0.326 e. The van der Waals surface area contributed by atoms with Crippen molar-refractivity contribution in [3.8, 4) is 0 Å². The number of carbonyl (C=O) groups is 1. The molecule has 1 aromatic carbocycles. The number of benzene rings is 1. The molecule has 1 amide bonds. The molecule has 2 heteroatoms. The van der Waals surface area contributed by atoms with E-state index in [0.29, 0.717) is 0 Å². The molecule has 1 aliphatic heterocycles. The molecule has 0 fully saturated rings. The summed E-state index contributed by atoms with van der Waals surface area (Å²) >= 11 is 0. The third kappa shape index (κ3) is 2.87. The van der Waals surface area contributed by atoms with Crippen molar-refractivity contribution in [1.82, 2.24) is 0 Å². The highest BCUT2D eigenvalue weighted by Gasteiger charge is 2.29. The second-order valence-corrected chi connectivity index (χ2v) is 6.32. The first-order valence-electron chi connectivity index (χ1n) is 6.25. The summed E-state index contributed by atoms with van der Waals surface area (Å²) in [6.45, 7) is 8.61. The molecule has 17 heavy (non-hydrogen) atoms. The molecule has 0 radical (unpaired) electrons. The first-order chi connectivity index (χ1) is 7.85. The summed E-state index contributed by atoms with van der Waals surface area (Å²) in [5.74, 6) is 0.295. The Morgan fingerprint density at radius 1 is 1.35 bits per heavy atom. The van der Waals surface area contributed by atoms with Crippen molar-refractivity contribution in [3.05, 3.63) is 29.3 Å². The maximum absolute atomic E-state index is 12.0. The molecule has 0 bridgehead atoms. The van der Waals surface area contributed by atoms with Crippen LogP contribution in [0.2, 0.25) is 0 Å². The summed E-state index contributed by atoms with van der Waals surface area (Å²) in [6, 6.07) is 6.31. The summed E-state index contributed by atoms with van der Waals surface area (Å²) in [5, 5.41) is 3.03. The van der Waals surface area contributed by atoms with Crippen LogP contribution >= 0.6 is 0 Å². The SMILES string of the molecule is Cc1ccc2c(c1)NC(=O)C(CC(C)(C)C)C2. The molecule has 92 valence electrons. The fourth-order valence-corrected chi connectivity index (χ4v) is 2.48. The van der Waals surface area contributed by atoms with Gasteiger partial charge < -0.3 is 5.32 Å². The summed E-state index contributed by atoms with van der Waals surface area (Å²) < 4.78 is 0. The fraction of sp³-hybridized carbons (Fsp3) is 0.533.